The summed E-state index contributed by atoms with van der Waals surface area (Å²) in [6.45, 7) is 1.65. The molecule has 0 fully saturated rings. The molecule has 10 heteroatoms. The van der Waals surface area contributed by atoms with Crippen molar-refractivity contribution in [3.8, 4) is 5.75 Å². The lowest BCUT2D eigenvalue weighted by Crippen LogP contribution is -2.15. The molecule has 0 aliphatic carbocycles. The number of hydrogen-bond acceptors (Lipinski definition) is 8. The Kier molecular flexibility index (Phi) is 8.64. The van der Waals surface area contributed by atoms with Crippen LogP contribution >= 0.6 is 50.6 Å². The molecule has 0 spiro atoms. The molecule has 0 radical (unpaired) electrons. The largest absolute Gasteiger partial charge is 0.494 e. The molecule has 0 amide bonds. The first-order chi connectivity index (χ1) is 14.4. The van der Waals surface area contributed by atoms with Gasteiger partial charge >= 0.3 is 0 Å². The molecule has 0 aliphatic heterocycles. The Morgan fingerprint density at radius 1 is 1.23 bits per heavy atom. The van der Waals surface area contributed by atoms with Crippen LogP contribution in [-0.2, 0) is 6.42 Å². The zero-order valence-corrected chi connectivity index (χ0v) is 20.4. The Morgan fingerprint density at radius 3 is 2.70 bits per heavy atom. The first-order valence-electron chi connectivity index (χ1n) is 9.12. The second-order valence-electron chi connectivity index (χ2n) is 6.66. The number of Topliss-reactive ketones (excluding diaryl/α,β-unsaturated/α-hetero) is 1. The first-order valence-corrected chi connectivity index (χ1v) is 11.9. The van der Waals surface area contributed by atoms with Gasteiger partial charge in [0.15, 0.2) is 15.1 Å². The molecule has 0 saturated carbocycles. The van der Waals surface area contributed by atoms with Gasteiger partial charge < -0.3 is 9.64 Å². The predicted molar refractivity (Wildman–Crippen MR) is 124 cm³/mol. The summed E-state index contributed by atoms with van der Waals surface area (Å²) in [6.07, 6.45) is 4.46. The summed E-state index contributed by atoms with van der Waals surface area (Å²) in [5.41, 5.74) is 0.907. The molecule has 3 rings (SSSR count). The third kappa shape index (κ3) is 6.75. The molecule has 2 aromatic heterocycles. The second-order valence-corrected chi connectivity index (χ2v) is 10.2. The fourth-order valence-corrected chi connectivity index (χ4v) is 5.17. The van der Waals surface area contributed by atoms with Gasteiger partial charge in [0, 0.05) is 25.4 Å². The molecular formula is C20H20BrClN4O2S2. The van der Waals surface area contributed by atoms with Crippen molar-refractivity contribution in [2.75, 3.05) is 27.2 Å². The fraction of sp³-hybridized carbons (Fsp3) is 0.300. The van der Waals surface area contributed by atoms with Gasteiger partial charge in [0.25, 0.3) is 0 Å². The summed E-state index contributed by atoms with van der Waals surface area (Å²) in [7, 11) is 4.08. The number of benzene rings is 1. The molecule has 0 saturated heterocycles. The van der Waals surface area contributed by atoms with Crippen molar-refractivity contribution < 1.29 is 9.53 Å². The van der Waals surface area contributed by atoms with Crippen molar-refractivity contribution >= 4 is 56.4 Å². The maximum absolute atomic E-state index is 12.6. The summed E-state index contributed by atoms with van der Waals surface area (Å²) in [6, 6.07) is 7.60. The first kappa shape index (κ1) is 23.1. The van der Waals surface area contributed by atoms with Crippen LogP contribution in [-0.4, -0.2) is 53.1 Å². The second kappa shape index (κ2) is 11.2. The Morgan fingerprint density at radius 2 is 2.00 bits per heavy atom. The molecule has 1 aromatic carbocycles. The van der Waals surface area contributed by atoms with Crippen LogP contribution in [0.25, 0.3) is 0 Å². The molecule has 30 heavy (non-hydrogen) atoms. The molecule has 0 N–H and O–H groups in total. The van der Waals surface area contributed by atoms with E-state index in [1.807, 2.05) is 38.4 Å². The minimum Gasteiger partial charge on any atom is -0.494 e. The van der Waals surface area contributed by atoms with E-state index in [4.69, 9.17) is 16.3 Å². The zero-order chi connectivity index (χ0) is 21.5. The topological polar surface area (TPSA) is 68.2 Å². The number of carbonyl (C=O) groups is 1. The molecule has 0 unspecified atom stereocenters. The highest BCUT2D eigenvalue weighted by Gasteiger charge is 2.16. The summed E-state index contributed by atoms with van der Waals surface area (Å²) in [5, 5.41) is 9.05. The van der Waals surface area contributed by atoms with Crippen molar-refractivity contribution in [3.63, 3.8) is 0 Å². The van der Waals surface area contributed by atoms with Crippen molar-refractivity contribution in [3.05, 3.63) is 56.7 Å². The van der Waals surface area contributed by atoms with Crippen LogP contribution in [0.3, 0.4) is 0 Å². The Bertz CT molecular complexity index is 978. The van der Waals surface area contributed by atoms with Crippen molar-refractivity contribution in [1.82, 2.24) is 20.1 Å². The SMILES string of the molecule is CN(C)CCCOc1ccc(CC(=O)c2nnc(Sc3c(Cl)cncc3Br)s2)cc1. The van der Waals surface area contributed by atoms with Crippen LogP contribution in [0.2, 0.25) is 5.02 Å². The molecule has 2 heterocycles. The van der Waals surface area contributed by atoms with E-state index in [1.54, 1.807) is 12.4 Å². The molecule has 0 bridgehead atoms. The zero-order valence-electron chi connectivity index (χ0n) is 16.5. The van der Waals surface area contributed by atoms with E-state index in [0.29, 0.717) is 21.0 Å². The van der Waals surface area contributed by atoms with Crippen LogP contribution in [0.1, 0.15) is 21.8 Å². The minimum absolute atomic E-state index is 0.0705. The van der Waals surface area contributed by atoms with Crippen molar-refractivity contribution in [1.29, 1.82) is 0 Å². The average molecular weight is 528 g/mol. The van der Waals surface area contributed by atoms with E-state index >= 15 is 0 Å². The van der Waals surface area contributed by atoms with E-state index in [-0.39, 0.29) is 12.2 Å². The quantitative estimate of drug-likeness (QED) is 0.263. The lowest BCUT2D eigenvalue weighted by molar-refractivity contribution is 0.0992. The van der Waals surface area contributed by atoms with Crippen LogP contribution in [0.4, 0.5) is 0 Å². The summed E-state index contributed by atoms with van der Waals surface area (Å²) < 4.78 is 7.14. The van der Waals surface area contributed by atoms with Gasteiger partial charge in [-0.2, -0.15) is 0 Å². The molecule has 0 atom stereocenters. The van der Waals surface area contributed by atoms with E-state index in [0.717, 1.165) is 33.6 Å². The van der Waals surface area contributed by atoms with E-state index in [1.165, 1.54) is 23.1 Å². The lowest BCUT2D eigenvalue weighted by atomic mass is 10.1. The Balaban J connectivity index is 1.55. The maximum Gasteiger partial charge on any atom is 0.197 e. The monoisotopic (exact) mass is 526 g/mol. The van der Waals surface area contributed by atoms with Crippen molar-refractivity contribution in [2.45, 2.75) is 22.1 Å². The highest BCUT2D eigenvalue weighted by Crippen LogP contribution is 2.39. The van der Waals surface area contributed by atoms with Gasteiger partial charge in [-0.1, -0.05) is 46.8 Å². The van der Waals surface area contributed by atoms with Gasteiger partial charge in [-0.05, 0) is 54.1 Å². The predicted octanol–water partition coefficient (Wildman–Crippen LogP) is 5.26. The van der Waals surface area contributed by atoms with Gasteiger partial charge in [-0.15, -0.1) is 10.2 Å². The van der Waals surface area contributed by atoms with Crippen LogP contribution in [0.15, 0.2) is 50.4 Å². The molecule has 0 aliphatic rings. The maximum atomic E-state index is 12.6. The standard InChI is InChI=1S/C20H20BrClN4O2S2/c1-26(2)8-3-9-28-14-6-4-13(5-7-14)10-17(27)19-24-25-20(30-19)29-18-15(21)11-23-12-16(18)22/h4-7,11-12H,3,8-10H2,1-2H3. The molecular weight excluding hydrogens is 508 g/mol. The van der Waals surface area contributed by atoms with Gasteiger partial charge in [0.1, 0.15) is 5.75 Å². The molecule has 3 aromatic rings. The van der Waals surface area contributed by atoms with Crippen LogP contribution in [0, 0.1) is 0 Å². The Labute approximate surface area is 197 Å². The number of ether oxygens (including phenoxy) is 1. The number of aromatic nitrogens is 3. The van der Waals surface area contributed by atoms with Gasteiger partial charge in [0.05, 0.1) is 21.0 Å². The number of nitrogens with zero attached hydrogens (tertiary/aromatic N) is 4. The summed E-state index contributed by atoms with van der Waals surface area (Å²) >= 11 is 12.2. The van der Waals surface area contributed by atoms with Crippen LogP contribution < -0.4 is 4.74 Å². The fourth-order valence-electron chi connectivity index (χ4n) is 2.48. The molecule has 6 nitrogen and oxygen atoms in total. The number of ketones is 1. The Hall–Kier alpha value is -1.52. The third-order valence-electron chi connectivity index (χ3n) is 3.95. The average Bonchev–Trinajstić information content (AvgIpc) is 3.18. The van der Waals surface area contributed by atoms with E-state index in [2.05, 4.69) is 36.0 Å². The highest BCUT2D eigenvalue weighted by molar-refractivity contribution is 9.10. The number of rotatable bonds is 10. The smallest absolute Gasteiger partial charge is 0.197 e. The minimum atomic E-state index is -0.0705. The van der Waals surface area contributed by atoms with Crippen LogP contribution in [0.5, 0.6) is 5.75 Å². The third-order valence-corrected chi connectivity index (χ3v) is 7.37. The van der Waals surface area contributed by atoms with E-state index < -0.39 is 0 Å². The number of halogens is 2. The lowest BCUT2D eigenvalue weighted by Gasteiger charge is -2.10. The van der Waals surface area contributed by atoms with Gasteiger partial charge in [-0.3, -0.25) is 9.78 Å². The van der Waals surface area contributed by atoms with Crippen molar-refractivity contribution in [2.24, 2.45) is 0 Å². The summed E-state index contributed by atoms with van der Waals surface area (Å²) in [4.78, 5) is 19.5. The van der Waals surface area contributed by atoms with Gasteiger partial charge in [-0.25, -0.2) is 0 Å². The molecule has 158 valence electrons. The number of hydrogen-bond donors (Lipinski definition) is 0. The number of carbonyl (C=O) groups excluding carboxylic acids is 1. The van der Waals surface area contributed by atoms with Gasteiger partial charge in [0.2, 0.25) is 0 Å². The number of pyridine rings is 1. The highest BCUT2D eigenvalue weighted by atomic mass is 79.9. The normalized spacial score (nSPS) is 11.1. The summed E-state index contributed by atoms with van der Waals surface area (Å²) in [5.74, 6) is 0.734. The van der Waals surface area contributed by atoms with E-state index in [9.17, 15) is 4.79 Å².